The molecule has 1 N–H and O–H groups in total. The average Bonchev–Trinajstić information content (AvgIpc) is 2.41. The van der Waals surface area contributed by atoms with Gasteiger partial charge in [0.05, 0.1) is 0 Å². The number of hydrogen-bond donors (Lipinski definition) is 1. The minimum atomic E-state index is 0.721. The molecule has 0 aliphatic carbocycles. The molecule has 1 aromatic heterocycles. The SMILES string of the molecule is CNCc1cnc(N(C)c2ccccc2)nc1C. The van der Waals surface area contributed by atoms with Crippen LogP contribution >= 0.6 is 0 Å². The molecule has 2 rings (SSSR count). The third-order valence-electron chi connectivity index (χ3n) is 2.88. The Bertz CT molecular complexity index is 510. The Balaban J connectivity index is 2.26. The molecule has 4 heteroatoms. The summed E-state index contributed by atoms with van der Waals surface area (Å²) >= 11 is 0. The molecule has 0 aliphatic heterocycles. The second-order valence-corrected chi connectivity index (χ2v) is 4.21. The lowest BCUT2D eigenvalue weighted by atomic mass is 10.2. The second-order valence-electron chi connectivity index (χ2n) is 4.21. The maximum absolute atomic E-state index is 4.54. The van der Waals surface area contributed by atoms with E-state index in [2.05, 4.69) is 15.3 Å². The molecule has 0 atom stereocenters. The quantitative estimate of drug-likeness (QED) is 0.893. The van der Waals surface area contributed by atoms with Gasteiger partial charge in [-0.2, -0.15) is 0 Å². The lowest BCUT2D eigenvalue weighted by molar-refractivity contribution is 0.795. The molecular formula is C14H18N4. The van der Waals surface area contributed by atoms with E-state index in [-0.39, 0.29) is 0 Å². The van der Waals surface area contributed by atoms with E-state index in [1.54, 1.807) is 0 Å². The lowest BCUT2D eigenvalue weighted by Crippen LogP contribution is -2.15. The van der Waals surface area contributed by atoms with E-state index in [0.717, 1.165) is 29.4 Å². The number of hydrogen-bond acceptors (Lipinski definition) is 4. The van der Waals surface area contributed by atoms with Crippen LogP contribution in [0.15, 0.2) is 36.5 Å². The predicted molar refractivity (Wildman–Crippen MR) is 74.0 cm³/mol. The summed E-state index contributed by atoms with van der Waals surface area (Å²) in [5.74, 6) is 0.721. The molecule has 0 saturated carbocycles. The zero-order chi connectivity index (χ0) is 13.0. The van der Waals surface area contributed by atoms with E-state index in [1.165, 1.54) is 0 Å². The molecular weight excluding hydrogens is 224 g/mol. The number of benzene rings is 1. The fraction of sp³-hybridized carbons (Fsp3) is 0.286. The second kappa shape index (κ2) is 5.60. The van der Waals surface area contributed by atoms with Crippen LogP contribution in [-0.4, -0.2) is 24.1 Å². The standard InChI is InChI=1S/C14H18N4/c1-11-12(9-15-2)10-16-14(17-11)18(3)13-7-5-4-6-8-13/h4-8,10,15H,9H2,1-3H3. The molecule has 2 aromatic rings. The van der Waals surface area contributed by atoms with E-state index >= 15 is 0 Å². The van der Waals surface area contributed by atoms with Crippen LogP contribution in [0.5, 0.6) is 0 Å². The number of nitrogens with one attached hydrogen (secondary N) is 1. The molecule has 0 unspecified atom stereocenters. The molecule has 4 nitrogen and oxygen atoms in total. The molecule has 0 aliphatic rings. The van der Waals surface area contributed by atoms with E-state index in [9.17, 15) is 0 Å². The smallest absolute Gasteiger partial charge is 0.229 e. The molecule has 0 saturated heterocycles. The summed E-state index contributed by atoms with van der Waals surface area (Å²) in [6.07, 6.45) is 1.88. The van der Waals surface area contributed by atoms with Gasteiger partial charge in [-0.3, -0.25) is 0 Å². The first-order valence-corrected chi connectivity index (χ1v) is 5.98. The summed E-state index contributed by atoms with van der Waals surface area (Å²) in [4.78, 5) is 10.9. The van der Waals surface area contributed by atoms with E-state index < -0.39 is 0 Å². The highest BCUT2D eigenvalue weighted by molar-refractivity contribution is 5.55. The highest BCUT2D eigenvalue weighted by Gasteiger charge is 2.08. The summed E-state index contributed by atoms with van der Waals surface area (Å²) < 4.78 is 0. The Labute approximate surface area is 108 Å². The maximum Gasteiger partial charge on any atom is 0.229 e. The third-order valence-corrected chi connectivity index (χ3v) is 2.88. The van der Waals surface area contributed by atoms with Crippen LogP contribution in [0.4, 0.5) is 11.6 Å². The highest BCUT2D eigenvalue weighted by Crippen LogP contribution is 2.19. The molecule has 0 radical (unpaired) electrons. The summed E-state index contributed by atoms with van der Waals surface area (Å²) in [6, 6.07) is 10.1. The Morgan fingerprint density at radius 1 is 1.22 bits per heavy atom. The summed E-state index contributed by atoms with van der Waals surface area (Å²) in [5.41, 5.74) is 3.22. The van der Waals surface area contributed by atoms with Crippen LogP contribution in [0, 0.1) is 6.92 Å². The molecule has 0 fully saturated rings. The zero-order valence-electron chi connectivity index (χ0n) is 11.0. The Kier molecular flexibility index (Phi) is 3.89. The van der Waals surface area contributed by atoms with Gasteiger partial charge in [0, 0.05) is 36.7 Å². The Morgan fingerprint density at radius 3 is 2.56 bits per heavy atom. The van der Waals surface area contributed by atoms with Gasteiger partial charge < -0.3 is 10.2 Å². The van der Waals surface area contributed by atoms with Gasteiger partial charge in [-0.1, -0.05) is 18.2 Å². The molecule has 0 amide bonds. The number of nitrogens with zero attached hydrogens (tertiary/aromatic N) is 3. The number of rotatable bonds is 4. The van der Waals surface area contributed by atoms with Gasteiger partial charge in [-0.25, -0.2) is 9.97 Å². The average molecular weight is 242 g/mol. The first kappa shape index (κ1) is 12.5. The molecule has 1 aromatic carbocycles. The van der Waals surface area contributed by atoms with Gasteiger partial charge in [-0.05, 0) is 26.1 Å². The summed E-state index contributed by atoms with van der Waals surface area (Å²) in [5, 5.41) is 3.11. The van der Waals surface area contributed by atoms with Crippen molar-refractivity contribution in [2.24, 2.45) is 0 Å². The normalized spacial score (nSPS) is 10.4. The van der Waals surface area contributed by atoms with E-state index in [0.29, 0.717) is 0 Å². The van der Waals surface area contributed by atoms with E-state index in [1.807, 2.05) is 62.4 Å². The van der Waals surface area contributed by atoms with Crippen molar-refractivity contribution < 1.29 is 0 Å². The molecule has 1 heterocycles. The number of aromatic nitrogens is 2. The Morgan fingerprint density at radius 2 is 1.94 bits per heavy atom. The minimum absolute atomic E-state index is 0.721. The summed E-state index contributed by atoms with van der Waals surface area (Å²) in [7, 11) is 3.89. The minimum Gasteiger partial charge on any atom is -0.316 e. The maximum atomic E-state index is 4.54. The third kappa shape index (κ3) is 2.65. The van der Waals surface area contributed by atoms with Gasteiger partial charge in [0.2, 0.25) is 5.95 Å². The molecule has 0 bridgehead atoms. The number of aryl methyl sites for hydroxylation is 1. The van der Waals surface area contributed by atoms with Crippen molar-refractivity contribution in [1.29, 1.82) is 0 Å². The monoisotopic (exact) mass is 242 g/mol. The molecule has 18 heavy (non-hydrogen) atoms. The van der Waals surface area contributed by atoms with Crippen LogP contribution < -0.4 is 10.2 Å². The van der Waals surface area contributed by atoms with Crippen LogP contribution in [0.2, 0.25) is 0 Å². The van der Waals surface area contributed by atoms with Gasteiger partial charge >= 0.3 is 0 Å². The van der Waals surface area contributed by atoms with Crippen LogP contribution in [0.3, 0.4) is 0 Å². The zero-order valence-corrected chi connectivity index (χ0v) is 11.0. The highest BCUT2D eigenvalue weighted by atomic mass is 15.2. The van der Waals surface area contributed by atoms with Gasteiger partial charge in [0.15, 0.2) is 0 Å². The van der Waals surface area contributed by atoms with Gasteiger partial charge in [-0.15, -0.1) is 0 Å². The Hall–Kier alpha value is -1.94. The summed E-state index contributed by atoms with van der Waals surface area (Å²) in [6.45, 7) is 2.80. The first-order valence-electron chi connectivity index (χ1n) is 5.98. The largest absolute Gasteiger partial charge is 0.316 e. The van der Waals surface area contributed by atoms with Crippen molar-refractivity contribution in [3.63, 3.8) is 0 Å². The topological polar surface area (TPSA) is 41.1 Å². The van der Waals surface area contributed by atoms with Crippen LogP contribution in [-0.2, 0) is 6.54 Å². The lowest BCUT2D eigenvalue weighted by Gasteiger charge is -2.18. The predicted octanol–water partition coefficient (Wildman–Crippen LogP) is 2.27. The molecule has 94 valence electrons. The molecule has 0 spiro atoms. The fourth-order valence-electron chi connectivity index (χ4n) is 1.77. The number of anilines is 2. The van der Waals surface area contributed by atoms with Crippen molar-refractivity contribution >= 4 is 11.6 Å². The first-order chi connectivity index (χ1) is 8.72. The van der Waals surface area contributed by atoms with Crippen molar-refractivity contribution in [2.45, 2.75) is 13.5 Å². The number of para-hydroxylation sites is 1. The van der Waals surface area contributed by atoms with Crippen molar-refractivity contribution in [1.82, 2.24) is 15.3 Å². The van der Waals surface area contributed by atoms with Crippen molar-refractivity contribution in [3.05, 3.63) is 47.8 Å². The van der Waals surface area contributed by atoms with E-state index in [4.69, 9.17) is 0 Å². The van der Waals surface area contributed by atoms with Crippen molar-refractivity contribution in [3.8, 4) is 0 Å². The van der Waals surface area contributed by atoms with Crippen LogP contribution in [0.1, 0.15) is 11.3 Å². The fourth-order valence-corrected chi connectivity index (χ4v) is 1.77. The van der Waals surface area contributed by atoms with Crippen molar-refractivity contribution in [2.75, 3.05) is 19.0 Å². The van der Waals surface area contributed by atoms with Gasteiger partial charge in [0.1, 0.15) is 0 Å². The van der Waals surface area contributed by atoms with Crippen LogP contribution in [0.25, 0.3) is 0 Å². The van der Waals surface area contributed by atoms with Gasteiger partial charge in [0.25, 0.3) is 0 Å².